The summed E-state index contributed by atoms with van der Waals surface area (Å²) in [7, 11) is -3.67. The number of piperidine rings is 1. The van der Waals surface area contributed by atoms with Crippen LogP contribution in [-0.4, -0.2) is 48.4 Å². The van der Waals surface area contributed by atoms with E-state index in [0.717, 1.165) is 0 Å². The van der Waals surface area contributed by atoms with E-state index in [2.05, 4.69) is 20.0 Å². The van der Waals surface area contributed by atoms with Gasteiger partial charge in [-0.15, -0.1) is 0 Å². The van der Waals surface area contributed by atoms with Gasteiger partial charge in [0, 0.05) is 25.3 Å². The topological polar surface area (TPSA) is 84.4 Å². The van der Waals surface area contributed by atoms with Gasteiger partial charge < -0.3 is 10.1 Å². The Morgan fingerprint density at radius 2 is 1.85 bits per heavy atom. The molecule has 1 aromatic carbocycles. The van der Waals surface area contributed by atoms with Gasteiger partial charge in [-0.25, -0.2) is 18.4 Å². The van der Waals surface area contributed by atoms with Gasteiger partial charge in [-0.1, -0.05) is 0 Å². The number of hydrogen-bond donors (Lipinski definition) is 1. The summed E-state index contributed by atoms with van der Waals surface area (Å²) in [6.07, 6.45) is 4.35. The molecule has 0 aliphatic carbocycles. The summed E-state index contributed by atoms with van der Waals surface area (Å²) in [6, 6.07) is 6.88. The first-order valence-electron chi connectivity index (χ1n) is 8.03. The molecule has 0 bridgehead atoms. The molecule has 140 valence electrons. The number of benzene rings is 1. The van der Waals surface area contributed by atoms with Gasteiger partial charge in [-0.3, -0.25) is 0 Å². The molecule has 1 fully saturated rings. The van der Waals surface area contributed by atoms with Crippen molar-refractivity contribution in [3.63, 3.8) is 0 Å². The molecule has 1 aliphatic rings. The number of sulfonamides is 1. The predicted octanol–water partition coefficient (Wildman–Crippen LogP) is 2.34. The van der Waals surface area contributed by atoms with Crippen LogP contribution in [0.2, 0.25) is 0 Å². The van der Waals surface area contributed by atoms with Crippen LogP contribution in [-0.2, 0) is 10.0 Å². The molecule has 7 nitrogen and oxygen atoms in total. The van der Waals surface area contributed by atoms with Crippen LogP contribution in [0.4, 0.5) is 14.6 Å². The Morgan fingerprint density at radius 3 is 2.42 bits per heavy atom. The van der Waals surface area contributed by atoms with Crippen molar-refractivity contribution in [1.29, 1.82) is 0 Å². The van der Waals surface area contributed by atoms with E-state index >= 15 is 0 Å². The smallest absolute Gasteiger partial charge is 0.387 e. The van der Waals surface area contributed by atoms with Crippen molar-refractivity contribution in [3.05, 3.63) is 42.9 Å². The zero-order valence-electron chi connectivity index (χ0n) is 13.8. The molecule has 1 saturated heterocycles. The van der Waals surface area contributed by atoms with Crippen LogP contribution in [0, 0.1) is 0 Å². The first-order valence-corrected chi connectivity index (χ1v) is 9.47. The van der Waals surface area contributed by atoms with Gasteiger partial charge >= 0.3 is 6.61 Å². The lowest BCUT2D eigenvalue weighted by atomic mass is 10.1. The SMILES string of the molecule is O=S(=O)(c1ccc(OC(F)F)cc1)N1CCC(Nc2ccncn2)CC1. The van der Waals surface area contributed by atoms with E-state index in [9.17, 15) is 17.2 Å². The number of alkyl halides is 2. The van der Waals surface area contributed by atoms with Gasteiger partial charge in [0.1, 0.15) is 17.9 Å². The quantitative estimate of drug-likeness (QED) is 0.823. The second-order valence-corrected chi connectivity index (χ2v) is 7.71. The van der Waals surface area contributed by atoms with E-state index in [1.807, 2.05) is 0 Å². The maximum atomic E-state index is 12.7. The minimum absolute atomic E-state index is 0.0568. The fourth-order valence-corrected chi connectivity index (χ4v) is 4.24. The number of rotatable bonds is 6. The number of hydrogen-bond acceptors (Lipinski definition) is 6. The second-order valence-electron chi connectivity index (χ2n) is 5.77. The molecule has 0 radical (unpaired) electrons. The number of anilines is 1. The third-order valence-corrected chi connectivity index (χ3v) is 5.99. The maximum Gasteiger partial charge on any atom is 0.387 e. The molecule has 3 rings (SSSR count). The Bertz CT molecular complexity index is 811. The molecule has 0 spiro atoms. The minimum atomic E-state index is -3.67. The molecule has 2 aromatic rings. The lowest BCUT2D eigenvalue weighted by Gasteiger charge is -2.31. The van der Waals surface area contributed by atoms with Gasteiger partial charge in [0.05, 0.1) is 4.90 Å². The van der Waals surface area contributed by atoms with Crippen LogP contribution >= 0.6 is 0 Å². The van der Waals surface area contributed by atoms with Crippen LogP contribution in [0.3, 0.4) is 0 Å². The van der Waals surface area contributed by atoms with Crippen molar-refractivity contribution in [2.45, 2.75) is 30.4 Å². The summed E-state index contributed by atoms with van der Waals surface area (Å²) in [5.41, 5.74) is 0. The van der Waals surface area contributed by atoms with Crippen molar-refractivity contribution in [1.82, 2.24) is 14.3 Å². The predicted molar refractivity (Wildman–Crippen MR) is 90.5 cm³/mol. The van der Waals surface area contributed by atoms with Gasteiger partial charge in [0.25, 0.3) is 0 Å². The fraction of sp³-hybridized carbons (Fsp3) is 0.375. The van der Waals surface area contributed by atoms with E-state index in [0.29, 0.717) is 31.7 Å². The second kappa shape index (κ2) is 7.92. The monoisotopic (exact) mass is 384 g/mol. The first kappa shape index (κ1) is 18.5. The van der Waals surface area contributed by atoms with Crippen molar-refractivity contribution in [2.24, 2.45) is 0 Å². The third-order valence-electron chi connectivity index (χ3n) is 4.07. The lowest BCUT2D eigenvalue weighted by molar-refractivity contribution is -0.0498. The van der Waals surface area contributed by atoms with Gasteiger partial charge in [0.15, 0.2) is 0 Å². The lowest BCUT2D eigenvalue weighted by Crippen LogP contribution is -2.42. The van der Waals surface area contributed by atoms with Crippen LogP contribution in [0.15, 0.2) is 47.8 Å². The Hall–Kier alpha value is -2.33. The van der Waals surface area contributed by atoms with E-state index in [-0.39, 0.29) is 16.7 Å². The van der Waals surface area contributed by atoms with Crippen LogP contribution in [0.25, 0.3) is 0 Å². The largest absolute Gasteiger partial charge is 0.435 e. The fourth-order valence-electron chi connectivity index (χ4n) is 2.77. The zero-order valence-corrected chi connectivity index (χ0v) is 14.6. The maximum absolute atomic E-state index is 12.7. The normalized spacial score (nSPS) is 16.6. The summed E-state index contributed by atoms with van der Waals surface area (Å²) < 4.78 is 55.4. The number of nitrogens with zero attached hydrogens (tertiary/aromatic N) is 3. The van der Waals surface area contributed by atoms with Crippen molar-refractivity contribution < 1.29 is 21.9 Å². The molecule has 26 heavy (non-hydrogen) atoms. The molecule has 0 atom stereocenters. The summed E-state index contributed by atoms with van der Waals surface area (Å²) in [4.78, 5) is 8.00. The van der Waals surface area contributed by atoms with Crippen molar-refractivity contribution in [2.75, 3.05) is 18.4 Å². The number of nitrogens with one attached hydrogen (secondary N) is 1. The molecule has 0 saturated carbocycles. The molecule has 1 N–H and O–H groups in total. The Labute approximate surface area is 150 Å². The molecular weight excluding hydrogens is 366 g/mol. The average Bonchev–Trinajstić information content (AvgIpc) is 2.63. The van der Waals surface area contributed by atoms with Crippen molar-refractivity contribution >= 4 is 15.8 Å². The molecule has 10 heteroatoms. The third kappa shape index (κ3) is 4.44. The highest BCUT2D eigenvalue weighted by atomic mass is 32.2. The standard InChI is InChI=1S/C16H18F2N4O3S/c17-16(18)25-13-1-3-14(4-2-13)26(23,24)22-9-6-12(7-10-22)21-15-5-8-19-11-20-15/h1-5,8,11-12,16H,6-7,9-10H2,(H,19,20,21). The van der Waals surface area contributed by atoms with Crippen LogP contribution < -0.4 is 10.1 Å². The Balaban J connectivity index is 1.60. The van der Waals surface area contributed by atoms with E-state index in [1.54, 1.807) is 12.3 Å². The van der Waals surface area contributed by atoms with Gasteiger partial charge in [0.2, 0.25) is 10.0 Å². The summed E-state index contributed by atoms with van der Waals surface area (Å²) >= 11 is 0. The Kier molecular flexibility index (Phi) is 5.62. The summed E-state index contributed by atoms with van der Waals surface area (Å²) in [5.74, 6) is 0.627. The summed E-state index contributed by atoms with van der Waals surface area (Å²) in [5, 5.41) is 3.26. The van der Waals surface area contributed by atoms with E-state index in [4.69, 9.17) is 0 Å². The zero-order chi connectivity index (χ0) is 18.6. The van der Waals surface area contributed by atoms with Crippen LogP contribution in [0.1, 0.15) is 12.8 Å². The molecule has 1 aromatic heterocycles. The molecule has 1 aliphatic heterocycles. The molecule has 0 amide bonds. The highest BCUT2D eigenvalue weighted by molar-refractivity contribution is 7.89. The van der Waals surface area contributed by atoms with Crippen molar-refractivity contribution in [3.8, 4) is 5.75 Å². The highest BCUT2D eigenvalue weighted by Crippen LogP contribution is 2.24. The first-order chi connectivity index (χ1) is 12.4. The van der Waals surface area contributed by atoms with Gasteiger partial charge in [-0.2, -0.15) is 13.1 Å². The van der Waals surface area contributed by atoms with E-state index in [1.165, 1.54) is 34.9 Å². The number of ether oxygens (including phenoxy) is 1. The average molecular weight is 384 g/mol. The molecule has 2 heterocycles. The summed E-state index contributed by atoms with van der Waals surface area (Å²) in [6.45, 7) is -2.22. The molecule has 0 unspecified atom stereocenters. The minimum Gasteiger partial charge on any atom is -0.435 e. The Morgan fingerprint density at radius 1 is 1.15 bits per heavy atom. The highest BCUT2D eigenvalue weighted by Gasteiger charge is 2.29. The molecular formula is C16H18F2N4O3S. The number of halogens is 2. The van der Waals surface area contributed by atoms with E-state index < -0.39 is 16.6 Å². The van der Waals surface area contributed by atoms with Crippen LogP contribution in [0.5, 0.6) is 5.75 Å². The van der Waals surface area contributed by atoms with Gasteiger partial charge in [-0.05, 0) is 43.2 Å². The number of aromatic nitrogens is 2.